The van der Waals surface area contributed by atoms with Crippen LogP contribution in [0.1, 0.15) is 28.4 Å². The Balaban J connectivity index is 1.71. The van der Waals surface area contributed by atoms with Gasteiger partial charge in [0, 0.05) is 10.6 Å². The fourth-order valence-corrected chi connectivity index (χ4v) is 3.41. The molecule has 0 saturated heterocycles. The number of rotatable bonds is 10. The van der Waals surface area contributed by atoms with E-state index in [0.29, 0.717) is 57.4 Å². The zero-order chi connectivity index (χ0) is 24.5. The molecule has 3 aromatic carbocycles. The summed E-state index contributed by atoms with van der Waals surface area (Å²) in [6, 6.07) is 15.6. The molecule has 0 saturated carbocycles. The van der Waals surface area contributed by atoms with E-state index in [0.717, 1.165) is 5.56 Å². The standard InChI is InChI=1S/C25H24Cl2N2O5/c1-4-33-23-12-17(11-20(27)24(23)34-15-16-5-8-19(26)9-6-16)14-28-29-25(30)18-7-10-21(31-2)22(13-18)32-3/h5-14H,4,15H2,1-3H3,(H,29,30)/b28-14+. The second kappa shape index (κ2) is 12.2. The molecule has 3 rings (SSSR count). The number of benzene rings is 3. The van der Waals surface area contributed by atoms with Crippen LogP contribution in [0, 0.1) is 0 Å². The summed E-state index contributed by atoms with van der Waals surface area (Å²) in [5.74, 6) is 1.46. The molecule has 0 unspecified atom stereocenters. The Bertz CT molecular complexity index is 1170. The van der Waals surface area contributed by atoms with Gasteiger partial charge in [0.25, 0.3) is 5.91 Å². The van der Waals surface area contributed by atoms with Gasteiger partial charge < -0.3 is 18.9 Å². The van der Waals surface area contributed by atoms with Crippen molar-refractivity contribution in [2.24, 2.45) is 5.10 Å². The number of carbonyl (C=O) groups excluding carboxylic acids is 1. The third-order valence-corrected chi connectivity index (χ3v) is 5.19. The topological polar surface area (TPSA) is 78.4 Å². The number of methoxy groups -OCH3 is 2. The average Bonchev–Trinajstić information content (AvgIpc) is 2.84. The van der Waals surface area contributed by atoms with Gasteiger partial charge in [-0.3, -0.25) is 4.79 Å². The maximum atomic E-state index is 12.4. The van der Waals surface area contributed by atoms with Gasteiger partial charge in [-0.05, 0) is 60.5 Å². The van der Waals surface area contributed by atoms with E-state index in [4.69, 9.17) is 42.1 Å². The lowest BCUT2D eigenvalue weighted by molar-refractivity contribution is 0.0954. The molecule has 0 aliphatic rings. The molecule has 0 fully saturated rings. The summed E-state index contributed by atoms with van der Waals surface area (Å²) in [5, 5.41) is 5.03. The van der Waals surface area contributed by atoms with Crippen LogP contribution < -0.4 is 24.4 Å². The van der Waals surface area contributed by atoms with Gasteiger partial charge >= 0.3 is 0 Å². The van der Waals surface area contributed by atoms with E-state index >= 15 is 0 Å². The van der Waals surface area contributed by atoms with Gasteiger partial charge in [-0.1, -0.05) is 35.3 Å². The molecule has 0 aromatic heterocycles. The molecule has 1 amide bonds. The highest BCUT2D eigenvalue weighted by Crippen LogP contribution is 2.37. The minimum atomic E-state index is -0.406. The molecule has 0 atom stereocenters. The molecule has 1 N–H and O–H groups in total. The van der Waals surface area contributed by atoms with Crippen molar-refractivity contribution in [3.63, 3.8) is 0 Å². The highest BCUT2D eigenvalue weighted by molar-refractivity contribution is 6.32. The Morgan fingerprint density at radius 3 is 2.35 bits per heavy atom. The first-order valence-corrected chi connectivity index (χ1v) is 11.1. The van der Waals surface area contributed by atoms with Crippen molar-refractivity contribution in [1.82, 2.24) is 5.43 Å². The van der Waals surface area contributed by atoms with Crippen LogP contribution in [0.25, 0.3) is 0 Å². The van der Waals surface area contributed by atoms with E-state index in [1.807, 2.05) is 19.1 Å². The molecule has 3 aromatic rings. The number of amides is 1. The van der Waals surface area contributed by atoms with E-state index in [9.17, 15) is 4.79 Å². The van der Waals surface area contributed by atoms with Crippen LogP contribution in [-0.4, -0.2) is 32.9 Å². The second-order valence-corrected chi connectivity index (χ2v) is 7.79. The van der Waals surface area contributed by atoms with Crippen molar-refractivity contribution in [1.29, 1.82) is 0 Å². The Morgan fingerprint density at radius 1 is 0.941 bits per heavy atom. The summed E-state index contributed by atoms with van der Waals surface area (Å²) >= 11 is 12.4. The fourth-order valence-electron chi connectivity index (χ4n) is 3.01. The number of nitrogens with zero attached hydrogens (tertiary/aromatic N) is 1. The third kappa shape index (κ3) is 6.56. The van der Waals surface area contributed by atoms with Crippen LogP contribution in [-0.2, 0) is 6.61 Å². The zero-order valence-corrected chi connectivity index (χ0v) is 20.4. The Kier molecular flexibility index (Phi) is 9.01. The van der Waals surface area contributed by atoms with Gasteiger partial charge in [0.15, 0.2) is 23.0 Å². The fraction of sp³-hybridized carbons (Fsp3) is 0.200. The smallest absolute Gasteiger partial charge is 0.271 e. The molecule has 0 aliphatic heterocycles. The quantitative estimate of drug-likeness (QED) is 0.282. The number of hydrogen-bond donors (Lipinski definition) is 1. The van der Waals surface area contributed by atoms with E-state index in [2.05, 4.69) is 10.5 Å². The molecule has 0 spiro atoms. The Hall–Kier alpha value is -3.42. The van der Waals surface area contributed by atoms with Crippen molar-refractivity contribution >= 4 is 35.3 Å². The van der Waals surface area contributed by atoms with Crippen molar-refractivity contribution in [3.05, 3.63) is 81.3 Å². The number of ether oxygens (including phenoxy) is 4. The first-order chi connectivity index (χ1) is 16.4. The van der Waals surface area contributed by atoms with Gasteiger partial charge in [-0.15, -0.1) is 0 Å². The summed E-state index contributed by atoms with van der Waals surface area (Å²) in [7, 11) is 3.03. The monoisotopic (exact) mass is 502 g/mol. The van der Waals surface area contributed by atoms with Crippen molar-refractivity contribution in [2.45, 2.75) is 13.5 Å². The third-order valence-electron chi connectivity index (χ3n) is 4.65. The summed E-state index contributed by atoms with van der Waals surface area (Å²) in [6.45, 7) is 2.58. The minimum Gasteiger partial charge on any atom is -0.493 e. The van der Waals surface area contributed by atoms with E-state index in [-0.39, 0.29) is 0 Å². The maximum absolute atomic E-state index is 12.4. The van der Waals surface area contributed by atoms with Crippen molar-refractivity contribution < 1.29 is 23.7 Å². The Labute approximate surface area is 208 Å². The molecular weight excluding hydrogens is 479 g/mol. The largest absolute Gasteiger partial charge is 0.493 e. The van der Waals surface area contributed by atoms with Crippen LogP contribution in [0.4, 0.5) is 0 Å². The average molecular weight is 503 g/mol. The molecule has 9 heteroatoms. The molecule has 178 valence electrons. The lowest BCUT2D eigenvalue weighted by Gasteiger charge is -2.14. The maximum Gasteiger partial charge on any atom is 0.271 e. The summed E-state index contributed by atoms with van der Waals surface area (Å²) in [4.78, 5) is 12.4. The van der Waals surface area contributed by atoms with Crippen molar-refractivity contribution in [2.75, 3.05) is 20.8 Å². The van der Waals surface area contributed by atoms with Crippen LogP contribution in [0.2, 0.25) is 10.0 Å². The van der Waals surface area contributed by atoms with Gasteiger partial charge in [0.1, 0.15) is 6.61 Å². The number of hydrazone groups is 1. The molecular formula is C25H24Cl2N2O5. The number of hydrogen-bond acceptors (Lipinski definition) is 6. The first-order valence-electron chi connectivity index (χ1n) is 10.3. The van der Waals surface area contributed by atoms with E-state index in [1.54, 1.807) is 42.5 Å². The van der Waals surface area contributed by atoms with Gasteiger partial charge in [0.2, 0.25) is 0 Å². The van der Waals surface area contributed by atoms with Crippen LogP contribution in [0.15, 0.2) is 59.7 Å². The second-order valence-electron chi connectivity index (χ2n) is 6.95. The number of halogens is 2. The van der Waals surface area contributed by atoms with Crippen LogP contribution in [0.3, 0.4) is 0 Å². The predicted molar refractivity (Wildman–Crippen MR) is 133 cm³/mol. The predicted octanol–water partition coefficient (Wildman–Crippen LogP) is 5.75. The number of carbonyl (C=O) groups is 1. The van der Waals surface area contributed by atoms with Gasteiger partial charge in [-0.25, -0.2) is 5.43 Å². The normalized spacial score (nSPS) is 10.7. The van der Waals surface area contributed by atoms with Gasteiger partial charge in [0.05, 0.1) is 32.1 Å². The molecule has 7 nitrogen and oxygen atoms in total. The number of nitrogens with one attached hydrogen (secondary N) is 1. The zero-order valence-electron chi connectivity index (χ0n) is 18.9. The summed E-state index contributed by atoms with van der Waals surface area (Å²) < 4.78 is 22.0. The molecule has 0 aliphatic carbocycles. The highest BCUT2D eigenvalue weighted by Gasteiger charge is 2.13. The van der Waals surface area contributed by atoms with E-state index < -0.39 is 5.91 Å². The summed E-state index contributed by atoms with van der Waals surface area (Å²) in [6.07, 6.45) is 1.47. The highest BCUT2D eigenvalue weighted by atomic mass is 35.5. The van der Waals surface area contributed by atoms with Gasteiger partial charge in [-0.2, -0.15) is 5.10 Å². The Morgan fingerprint density at radius 2 is 1.68 bits per heavy atom. The molecule has 0 heterocycles. The first kappa shape index (κ1) is 25.2. The van der Waals surface area contributed by atoms with Crippen LogP contribution >= 0.6 is 23.2 Å². The molecule has 34 heavy (non-hydrogen) atoms. The SMILES string of the molecule is CCOc1cc(/C=N/NC(=O)c2ccc(OC)c(OC)c2)cc(Cl)c1OCc1ccc(Cl)cc1. The van der Waals surface area contributed by atoms with Crippen LogP contribution in [0.5, 0.6) is 23.0 Å². The summed E-state index contributed by atoms with van der Waals surface area (Å²) in [5.41, 5.74) is 4.41. The molecule has 0 radical (unpaired) electrons. The lowest BCUT2D eigenvalue weighted by Crippen LogP contribution is -2.17. The lowest BCUT2D eigenvalue weighted by atomic mass is 10.2. The van der Waals surface area contributed by atoms with Crippen molar-refractivity contribution in [3.8, 4) is 23.0 Å². The molecule has 0 bridgehead atoms. The van der Waals surface area contributed by atoms with E-state index in [1.165, 1.54) is 20.4 Å². The minimum absolute atomic E-state index is 0.297.